The lowest BCUT2D eigenvalue weighted by atomic mass is 10.4. The van der Waals surface area contributed by atoms with Crippen LogP contribution < -0.4 is 5.32 Å². The number of halogens is 1. The van der Waals surface area contributed by atoms with Crippen LogP contribution in [-0.2, 0) is 6.54 Å². The number of nitrogens with one attached hydrogen (secondary N) is 1. The van der Waals surface area contributed by atoms with E-state index in [1.54, 1.807) is 10.9 Å². The molecule has 16 heavy (non-hydrogen) atoms. The molecule has 0 saturated carbocycles. The minimum absolute atomic E-state index is 0.571. The van der Waals surface area contributed by atoms with Crippen molar-refractivity contribution in [2.24, 2.45) is 0 Å². The third-order valence-electron chi connectivity index (χ3n) is 2.06. The van der Waals surface area contributed by atoms with Crippen LogP contribution in [0, 0.1) is 6.92 Å². The standard InChI is InChI=1S/C10H12BrN5/c1-7-3-9(12-2)15-10(14-7)6-16-5-8(11)4-13-16/h3-5H,6H2,1-2H3,(H,12,14,15). The summed E-state index contributed by atoms with van der Waals surface area (Å²) in [6.45, 7) is 2.52. The SMILES string of the molecule is CNc1cc(C)nc(Cn2cc(Br)cn2)n1. The molecule has 84 valence electrons. The third kappa shape index (κ3) is 2.57. The van der Waals surface area contributed by atoms with Gasteiger partial charge in [-0.15, -0.1) is 0 Å². The van der Waals surface area contributed by atoms with E-state index in [-0.39, 0.29) is 0 Å². The largest absolute Gasteiger partial charge is 0.373 e. The Hall–Kier alpha value is -1.43. The number of aromatic nitrogens is 4. The van der Waals surface area contributed by atoms with E-state index in [0.29, 0.717) is 6.54 Å². The van der Waals surface area contributed by atoms with Gasteiger partial charge in [0.25, 0.3) is 0 Å². The van der Waals surface area contributed by atoms with Crippen molar-refractivity contribution in [3.05, 3.63) is 34.5 Å². The van der Waals surface area contributed by atoms with Crippen LogP contribution in [0.5, 0.6) is 0 Å². The lowest BCUT2D eigenvalue weighted by Gasteiger charge is -2.05. The van der Waals surface area contributed by atoms with Gasteiger partial charge in [-0.3, -0.25) is 4.68 Å². The molecule has 1 N–H and O–H groups in total. The molecule has 0 saturated heterocycles. The summed E-state index contributed by atoms with van der Waals surface area (Å²) in [5.41, 5.74) is 0.945. The van der Waals surface area contributed by atoms with E-state index in [2.05, 4.69) is 36.3 Å². The summed E-state index contributed by atoms with van der Waals surface area (Å²) >= 11 is 3.35. The summed E-state index contributed by atoms with van der Waals surface area (Å²) < 4.78 is 2.74. The molecule has 0 unspecified atom stereocenters. The molecule has 0 radical (unpaired) electrons. The van der Waals surface area contributed by atoms with Gasteiger partial charge in [-0.2, -0.15) is 5.10 Å². The molecule has 6 heteroatoms. The molecule has 0 spiro atoms. The number of aryl methyl sites for hydroxylation is 1. The number of nitrogens with zero attached hydrogens (tertiary/aromatic N) is 4. The van der Waals surface area contributed by atoms with E-state index in [9.17, 15) is 0 Å². The second-order valence-corrected chi connectivity index (χ2v) is 4.33. The van der Waals surface area contributed by atoms with Gasteiger partial charge in [0.05, 0.1) is 10.7 Å². The van der Waals surface area contributed by atoms with Gasteiger partial charge in [-0.05, 0) is 22.9 Å². The van der Waals surface area contributed by atoms with E-state index >= 15 is 0 Å². The fraction of sp³-hybridized carbons (Fsp3) is 0.300. The normalized spacial score (nSPS) is 10.4. The molecular formula is C10H12BrN5. The van der Waals surface area contributed by atoms with Crippen LogP contribution in [0.4, 0.5) is 5.82 Å². The van der Waals surface area contributed by atoms with Crippen LogP contribution in [0.15, 0.2) is 22.9 Å². The molecule has 0 bridgehead atoms. The third-order valence-corrected chi connectivity index (χ3v) is 2.47. The van der Waals surface area contributed by atoms with Gasteiger partial charge < -0.3 is 5.32 Å². The minimum atomic E-state index is 0.571. The van der Waals surface area contributed by atoms with Crippen LogP contribution in [-0.4, -0.2) is 26.8 Å². The van der Waals surface area contributed by atoms with Crippen molar-refractivity contribution in [2.45, 2.75) is 13.5 Å². The second-order valence-electron chi connectivity index (χ2n) is 3.42. The lowest BCUT2D eigenvalue weighted by molar-refractivity contribution is 0.653. The second kappa shape index (κ2) is 4.61. The van der Waals surface area contributed by atoms with E-state index in [4.69, 9.17) is 0 Å². The molecular weight excluding hydrogens is 270 g/mol. The van der Waals surface area contributed by atoms with E-state index in [1.807, 2.05) is 26.2 Å². The highest BCUT2D eigenvalue weighted by Crippen LogP contribution is 2.09. The summed E-state index contributed by atoms with van der Waals surface area (Å²) in [6, 6.07) is 1.91. The van der Waals surface area contributed by atoms with E-state index in [0.717, 1.165) is 21.8 Å². The quantitative estimate of drug-likeness (QED) is 0.933. The molecule has 2 heterocycles. The van der Waals surface area contributed by atoms with Crippen LogP contribution in [0.25, 0.3) is 0 Å². The summed E-state index contributed by atoms with van der Waals surface area (Å²) in [4.78, 5) is 8.72. The predicted octanol–water partition coefficient (Wildman–Crippen LogP) is 1.83. The first kappa shape index (κ1) is 11.1. The van der Waals surface area contributed by atoms with Gasteiger partial charge in [0.2, 0.25) is 0 Å². The summed E-state index contributed by atoms with van der Waals surface area (Å²) in [5, 5.41) is 7.17. The van der Waals surface area contributed by atoms with E-state index in [1.165, 1.54) is 0 Å². The highest BCUT2D eigenvalue weighted by atomic mass is 79.9. The van der Waals surface area contributed by atoms with Gasteiger partial charge >= 0.3 is 0 Å². The van der Waals surface area contributed by atoms with Gasteiger partial charge in [0, 0.05) is 25.0 Å². The fourth-order valence-electron chi connectivity index (χ4n) is 1.40. The van der Waals surface area contributed by atoms with Gasteiger partial charge in [-0.25, -0.2) is 9.97 Å². The molecule has 2 aromatic rings. The Morgan fingerprint density at radius 3 is 2.88 bits per heavy atom. The first-order valence-electron chi connectivity index (χ1n) is 4.87. The minimum Gasteiger partial charge on any atom is -0.373 e. The average Bonchev–Trinajstić information content (AvgIpc) is 2.63. The lowest BCUT2D eigenvalue weighted by Crippen LogP contribution is -2.07. The Labute approximate surface area is 102 Å². The molecule has 2 rings (SSSR count). The van der Waals surface area contributed by atoms with Crippen molar-refractivity contribution < 1.29 is 0 Å². The zero-order chi connectivity index (χ0) is 11.5. The Morgan fingerprint density at radius 2 is 2.25 bits per heavy atom. The molecule has 2 aromatic heterocycles. The molecule has 0 aliphatic heterocycles. The van der Waals surface area contributed by atoms with Crippen molar-refractivity contribution >= 4 is 21.7 Å². The van der Waals surface area contributed by atoms with E-state index < -0.39 is 0 Å². The van der Waals surface area contributed by atoms with Crippen molar-refractivity contribution in [3.63, 3.8) is 0 Å². The highest BCUT2D eigenvalue weighted by Gasteiger charge is 2.03. The van der Waals surface area contributed by atoms with Crippen LogP contribution in [0.2, 0.25) is 0 Å². The number of anilines is 1. The molecule has 0 aliphatic carbocycles. The predicted molar refractivity (Wildman–Crippen MR) is 65.3 cm³/mol. The van der Waals surface area contributed by atoms with Crippen molar-refractivity contribution in [2.75, 3.05) is 12.4 Å². The maximum absolute atomic E-state index is 4.36. The molecule has 0 aromatic carbocycles. The summed E-state index contributed by atoms with van der Waals surface area (Å²) in [6.07, 6.45) is 3.64. The van der Waals surface area contributed by atoms with Crippen LogP contribution >= 0.6 is 15.9 Å². The Balaban J connectivity index is 2.24. The van der Waals surface area contributed by atoms with Crippen molar-refractivity contribution in [3.8, 4) is 0 Å². The van der Waals surface area contributed by atoms with Gasteiger partial charge in [-0.1, -0.05) is 0 Å². The average molecular weight is 282 g/mol. The Bertz CT molecular complexity index is 494. The first-order chi connectivity index (χ1) is 7.67. The van der Waals surface area contributed by atoms with Crippen molar-refractivity contribution in [1.82, 2.24) is 19.7 Å². The van der Waals surface area contributed by atoms with Gasteiger partial charge in [0.1, 0.15) is 12.4 Å². The monoisotopic (exact) mass is 281 g/mol. The van der Waals surface area contributed by atoms with Crippen LogP contribution in [0.3, 0.4) is 0 Å². The Kier molecular flexibility index (Phi) is 3.19. The first-order valence-corrected chi connectivity index (χ1v) is 5.67. The smallest absolute Gasteiger partial charge is 0.152 e. The molecule has 0 aliphatic rings. The maximum atomic E-state index is 4.36. The molecule has 5 nitrogen and oxygen atoms in total. The molecule has 0 atom stereocenters. The van der Waals surface area contributed by atoms with Crippen LogP contribution in [0.1, 0.15) is 11.5 Å². The zero-order valence-electron chi connectivity index (χ0n) is 9.11. The van der Waals surface area contributed by atoms with Crippen molar-refractivity contribution in [1.29, 1.82) is 0 Å². The summed E-state index contributed by atoms with van der Waals surface area (Å²) in [5.74, 6) is 1.58. The fourth-order valence-corrected chi connectivity index (χ4v) is 1.73. The van der Waals surface area contributed by atoms with Gasteiger partial charge in [0.15, 0.2) is 5.82 Å². The Morgan fingerprint density at radius 1 is 1.44 bits per heavy atom. The number of hydrogen-bond donors (Lipinski definition) is 1. The number of rotatable bonds is 3. The maximum Gasteiger partial charge on any atom is 0.152 e. The number of hydrogen-bond acceptors (Lipinski definition) is 4. The zero-order valence-corrected chi connectivity index (χ0v) is 10.7. The molecule has 0 amide bonds. The molecule has 0 fully saturated rings. The highest BCUT2D eigenvalue weighted by molar-refractivity contribution is 9.10. The topological polar surface area (TPSA) is 55.6 Å². The summed E-state index contributed by atoms with van der Waals surface area (Å²) in [7, 11) is 1.84.